The molecule has 0 aliphatic heterocycles. The van der Waals surface area contributed by atoms with Crippen molar-refractivity contribution in [3.63, 3.8) is 0 Å². The molecule has 4 aromatic carbocycles. The number of hydrogen-bond donors (Lipinski definition) is 1. The number of halogens is 2. The summed E-state index contributed by atoms with van der Waals surface area (Å²) in [7, 11) is 0. The van der Waals surface area contributed by atoms with Crippen LogP contribution >= 0.6 is 0 Å². The fourth-order valence-corrected chi connectivity index (χ4v) is 3.23. The van der Waals surface area contributed by atoms with Crippen molar-refractivity contribution in [1.82, 2.24) is 0 Å². The molecule has 4 aromatic rings. The lowest BCUT2D eigenvalue weighted by Gasteiger charge is -2.10. The van der Waals surface area contributed by atoms with Crippen molar-refractivity contribution < 1.29 is 13.9 Å². The first-order valence-electron chi connectivity index (χ1n) is 8.97. The highest BCUT2D eigenvalue weighted by atomic mass is 19.1. The van der Waals surface area contributed by atoms with Crippen molar-refractivity contribution in [1.29, 1.82) is 0 Å². The predicted octanol–water partition coefficient (Wildman–Crippen LogP) is 6.98. The minimum Gasteiger partial charge on any atom is -0.508 e. The van der Waals surface area contributed by atoms with Crippen LogP contribution in [0.2, 0.25) is 0 Å². The second kappa shape index (κ2) is 7.28. The zero-order valence-corrected chi connectivity index (χ0v) is 15.3. The zero-order chi connectivity index (χ0) is 19.7. The molecule has 0 atom stereocenters. The summed E-state index contributed by atoms with van der Waals surface area (Å²) >= 11 is 0. The minimum absolute atomic E-state index is 0.130. The Kier molecular flexibility index (Phi) is 4.66. The predicted molar refractivity (Wildman–Crippen MR) is 109 cm³/mol. The fraction of sp³-hybridized carbons (Fsp3) is 0.0400. The molecule has 3 heteroatoms. The summed E-state index contributed by atoms with van der Waals surface area (Å²) in [6, 6.07) is 23.8. The molecule has 1 nitrogen and oxygen atoms in total. The van der Waals surface area contributed by atoms with E-state index in [4.69, 9.17) is 0 Å². The molecule has 4 rings (SSSR count). The normalized spacial score (nSPS) is 10.8. The molecule has 0 aliphatic rings. The summed E-state index contributed by atoms with van der Waals surface area (Å²) in [4.78, 5) is 0. The highest BCUT2D eigenvalue weighted by Crippen LogP contribution is 2.31. The van der Waals surface area contributed by atoms with Crippen LogP contribution in [0, 0.1) is 18.6 Å². The molecule has 0 heterocycles. The first-order valence-corrected chi connectivity index (χ1v) is 8.97. The van der Waals surface area contributed by atoms with Crippen LogP contribution in [-0.2, 0) is 0 Å². The third-order valence-corrected chi connectivity index (χ3v) is 4.81. The van der Waals surface area contributed by atoms with Crippen LogP contribution < -0.4 is 0 Å². The molecule has 0 bridgehead atoms. The second-order valence-corrected chi connectivity index (χ2v) is 6.80. The Morgan fingerprint density at radius 3 is 1.36 bits per heavy atom. The maximum Gasteiger partial charge on any atom is 0.131 e. The van der Waals surface area contributed by atoms with Crippen molar-refractivity contribution in [2.24, 2.45) is 0 Å². The summed E-state index contributed by atoms with van der Waals surface area (Å²) in [5.74, 6) is -0.611. The van der Waals surface area contributed by atoms with Gasteiger partial charge in [-0.2, -0.15) is 0 Å². The van der Waals surface area contributed by atoms with E-state index < -0.39 is 5.82 Å². The lowest BCUT2D eigenvalue weighted by Crippen LogP contribution is -1.89. The van der Waals surface area contributed by atoms with Gasteiger partial charge in [-0.3, -0.25) is 0 Å². The molecule has 0 amide bonds. The Bertz CT molecular complexity index is 1040. The van der Waals surface area contributed by atoms with Crippen LogP contribution in [0.25, 0.3) is 33.4 Å². The number of aryl methyl sites for hydroxylation is 1. The van der Waals surface area contributed by atoms with E-state index in [0.717, 1.165) is 11.1 Å². The van der Waals surface area contributed by atoms with Gasteiger partial charge in [-0.05, 0) is 53.4 Å². The first kappa shape index (κ1) is 17.9. The zero-order valence-electron chi connectivity index (χ0n) is 15.3. The Morgan fingerprint density at radius 1 is 0.536 bits per heavy atom. The summed E-state index contributed by atoms with van der Waals surface area (Å²) in [6.07, 6.45) is 0. The molecule has 28 heavy (non-hydrogen) atoms. The largest absolute Gasteiger partial charge is 0.508 e. The van der Waals surface area contributed by atoms with E-state index in [0.29, 0.717) is 27.8 Å². The van der Waals surface area contributed by atoms with E-state index in [1.165, 1.54) is 24.3 Å². The highest BCUT2D eigenvalue weighted by molar-refractivity contribution is 5.74. The van der Waals surface area contributed by atoms with Crippen LogP contribution in [0.4, 0.5) is 8.78 Å². The van der Waals surface area contributed by atoms with Gasteiger partial charge in [0.1, 0.15) is 17.4 Å². The van der Waals surface area contributed by atoms with Crippen molar-refractivity contribution >= 4 is 0 Å². The molecule has 138 valence electrons. The molecule has 0 spiro atoms. The van der Waals surface area contributed by atoms with Crippen LogP contribution in [0.1, 0.15) is 5.56 Å². The van der Waals surface area contributed by atoms with Crippen LogP contribution in [0.3, 0.4) is 0 Å². The second-order valence-electron chi connectivity index (χ2n) is 6.80. The van der Waals surface area contributed by atoms with Crippen molar-refractivity contribution in [3.8, 4) is 39.1 Å². The van der Waals surface area contributed by atoms with Gasteiger partial charge in [0.2, 0.25) is 0 Å². The Balaban J connectivity index is 1.67. The van der Waals surface area contributed by atoms with E-state index in [2.05, 4.69) is 0 Å². The number of benzene rings is 4. The van der Waals surface area contributed by atoms with Gasteiger partial charge in [-0.25, -0.2) is 8.78 Å². The quantitative estimate of drug-likeness (QED) is 0.411. The molecule has 0 fully saturated rings. The molecule has 0 unspecified atom stereocenters. The van der Waals surface area contributed by atoms with Gasteiger partial charge in [0, 0.05) is 11.1 Å². The monoisotopic (exact) mass is 372 g/mol. The molecule has 0 saturated heterocycles. The van der Waals surface area contributed by atoms with Crippen molar-refractivity contribution in [2.45, 2.75) is 6.92 Å². The minimum atomic E-state index is -0.397. The number of hydrogen-bond acceptors (Lipinski definition) is 1. The molecule has 0 saturated carbocycles. The molecule has 1 N–H and O–H groups in total. The lowest BCUT2D eigenvalue weighted by molar-refractivity contribution is 0.475. The number of phenolic OH excluding ortho intramolecular Hbond substituents is 1. The third kappa shape index (κ3) is 3.52. The summed E-state index contributed by atoms with van der Waals surface area (Å²) in [6.45, 7) is 1.99. The van der Waals surface area contributed by atoms with E-state index >= 15 is 0 Å². The summed E-state index contributed by atoms with van der Waals surface area (Å²) < 4.78 is 29.3. The number of phenols is 1. The molecule has 0 aromatic heterocycles. The van der Waals surface area contributed by atoms with Gasteiger partial charge >= 0.3 is 0 Å². The Morgan fingerprint density at radius 2 is 0.929 bits per heavy atom. The van der Waals surface area contributed by atoms with E-state index in [1.54, 1.807) is 36.4 Å². The standard InChI is InChI=1S/C25H18F2O/c1-16-2-4-17(5-3-16)22-12-8-19(14-24(22)26)20-9-13-23(25(27)15-20)18-6-10-21(28)11-7-18/h2-15,28H,1H3. The highest BCUT2D eigenvalue weighted by Gasteiger charge is 2.11. The molecule has 0 radical (unpaired) electrons. The van der Waals surface area contributed by atoms with Crippen LogP contribution in [0.15, 0.2) is 84.9 Å². The van der Waals surface area contributed by atoms with Crippen LogP contribution in [0.5, 0.6) is 5.75 Å². The number of aromatic hydroxyl groups is 1. The average Bonchev–Trinajstić information content (AvgIpc) is 2.69. The smallest absolute Gasteiger partial charge is 0.131 e. The van der Waals surface area contributed by atoms with Gasteiger partial charge in [-0.15, -0.1) is 0 Å². The molecule has 0 aliphatic carbocycles. The summed E-state index contributed by atoms with van der Waals surface area (Å²) in [5.41, 5.74) is 4.76. The van der Waals surface area contributed by atoms with Gasteiger partial charge in [0.05, 0.1) is 0 Å². The van der Waals surface area contributed by atoms with Gasteiger partial charge in [-0.1, -0.05) is 66.2 Å². The van der Waals surface area contributed by atoms with Crippen LogP contribution in [-0.4, -0.2) is 5.11 Å². The van der Waals surface area contributed by atoms with E-state index in [1.807, 2.05) is 31.2 Å². The van der Waals surface area contributed by atoms with E-state index in [-0.39, 0.29) is 11.6 Å². The third-order valence-electron chi connectivity index (χ3n) is 4.81. The van der Waals surface area contributed by atoms with Gasteiger partial charge in [0.15, 0.2) is 0 Å². The SMILES string of the molecule is Cc1ccc(-c2ccc(-c3ccc(-c4ccc(O)cc4)c(F)c3)cc2F)cc1. The first-order chi connectivity index (χ1) is 13.5. The number of rotatable bonds is 3. The fourth-order valence-electron chi connectivity index (χ4n) is 3.23. The van der Waals surface area contributed by atoms with Gasteiger partial charge in [0.25, 0.3) is 0 Å². The maximum atomic E-state index is 14.7. The maximum absolute atomic E-state index is 14.7. The molecular formula is C25H18F2O. The van der Waals surface area contributed by atoms with E-state index in [9.17, 15) is 13.9 Å². The average molecular weight is 372 g/mol. The Hall–Kier alpha value is -3.46. The van der Waals surface area contributed by atoms with Crippen molar-refractivity contribution in [3.05, 3.63) is 102 Å². The lowest BCUT2D eigenvalue weighted by atomic mass is 9.97. The topological polar surface area (TPSA) is 20.2 Å². The van der Waals surface area contributed by atoms with Crippen molar-refractivity contribution in [2.75, 3.05) is 0 Å². The van der Waals surface area contributed by atoms with Gasteiger partial charge < -0.3 is 5.11 Å². The Labute approximate surface area is 162 Å². The molecular weight excluding hydrogens is 354 g/mol. The summed E-state index contributed by atoms with van der Waals surface area (Å²) in [5, 5.41) is 9.38.